The molecule has 0 fully saturated rings. The van der Waals surface area contributed by atoms with Crippen molar-refractivity contribution in [3.8, 4) is 12.3 Å². The van der Waals surface area contributed by atoms with Crippen molar-refractivity contribution in [3.63, 3.8) is 0 Å². The Bertz CT molecular complexity index is 415. The third-order valence-electron chi connectivity index (χ3n) is 3.11. The van der Waals surface area contributed by atoms with Crippen LogP contribution in [0.15, 0.2) is 28.7 Å². The molecule has 0 amide bonds. The Morgan fingerprint density at radius 2 is 2.06 bits per heavy atom. The highest BCUT2D eigenvalue weighted by Crippen LogP contribution is 2.31. The van der Waals surface area contributed by atoms with Gasteiger partial charge in [0.25, 0.3) is 0 Å². The fourth-order valence-electron chi connectivity index (χ4n) is 1.83. The van der Waals surface area contributed by atoms with Gasteiger partial charge >= 0.3 is 0 Å². The number of alkyl halides is 1. The predicted octanol–water partition coefficient (Wildman–Crippen LogP) is 6.10. The lowest BCUT2D eigenvalue weighted by atomic mass is 9.88. The van der Waals surface area contributed by atoms with Crippen molar-refractivity contribution in [1.29, 1.82) is 0 Å². The molecule has 0 nitrogen and oxygen atoms in total. The third-order valence-corrected chi connectivity index (χ3v) is 4.59. The summed E-state index contributed by atoms with van der Waals surface area (Å²) in [6.45, 7) is 4.26. The van der Waals surface area contributed by atoms with Gasteiger partial charge in [0.15, 0.2) is 0 Å². The van der Waals surface area contributed by atoms with E-state index in [1.807, 2.05) is 0 Å². The van der Waals surface area contributed by atoms with E-state index in [1.165, 1.54) is 18.4 Å². The molecular formula is C16H20Br2. The van der Waals surface area contributed by atoms with Crippen molar-refractivity contribution < 1.29 is 0 Å². The summed E-state index contributed by atoms with van der Waals surface area (Å²) in [5, 5.41) is 0. The molecule has 0 aliphatic carbocycles. The third kappa shape index (κ3) is 5.59. The van der Waals surface area contributed by atoms with Crippen LogP contribution in [-0.2, 0) is 0 Å². The smallest absolute Gasteiger partial charge is 0.0395 e. The second kappa shape index (κ2) is 7.36. The Labute approximate surface area is 128 Å². The number of rotatable bonds is 6. The molecule has 1 unspecified atom stereocenters. The molecule has 1 rings (SSSR count). The fourth-order valence-corrected chi connectivity index (χ4v) is 2.86. The zero-order chi connectivity index (χ0) is 13.6. The Hall–Kier alpha value is -0.260. The highest BCUT2D eigenvalue weighted by atomic mass is 79.9. The van der Waals surface area contributed by atoms with Gasteiger partial charge in [-0.1, -0.05) is 56.8 Å². The van der Waals surface area contributed by atoms with Gasteiger partial charge in [-0.05, 0) is 44.4 Å². The molecule has 0 heterocycles. The molecule has 98 valence electrons. The van der Waals surface area contributed by atoms with Gasteiger partial charge in [0.1, 0.15) is 0 Å². The first-order chi connectivity index (χ1) is 8.44. The molecule has 0 saturated heterocycles. The molecule has 0 radical (unpaired) electrons. The van der Waals surface area contributed by atoms with Gasteiger partial charge in [0, 0.05) is 14.7 Å². The van der Waals surface area contributed by atoms with Crippen LogP contribution in [0.3, 0.4) is 0 Å². The monoisotopic (exact) mass is 370 g/mol. The van der Waals surface area contributed by atoms with Crippen LogP contribution in [0.4, 0.5) is 0 Å². The summed E-state index contributed by atoms with van der Waals surface area (Å²) in [7, 11) is 0. The summed E-state index contributed by atoms with van der Waals surface area (Å²) in [4.78, 5) is 0.434. The SMILES string of the molecule is C#CC(C)(C)CCCCC(Br)c1cccc(Br)c1. The van der Waals surface area contributed by atoms with Gasteiger partial charge in [-0.2, -0.15) is 0 Å². The lowest BCUT2D eigenvalue weighted by molar-refractivity contribution is 0.428. The number of hydrogen-bond acceptors (Lipinski definition) is 0. The Morgan fingerprint density at radius 1 is 1.33 bits per heavy atom. The average Bonchev–Trinajstić information content (AvgIpc) is 2.34. The molecule has 0 aromatic heterocycles. The molecule has 1 aromatic carbocycles. The quantitative estimate of drug-likeness (QED) is 0.321. The summed E-state index contributed by atoms with van der Waals surface area (Å²) in [5.74, 6) is 2.85. The second-order valence-corrected chi connectivity index (χ2v) is 7.32. The van der Waals surface area contributed by atoms with E-state index in [9.17, 15) is 0 Å². The van der Waals surface area contributed by atoms with Crippen LogP contribution in [0.2, 0.25) is 0 Å². The normalized spacial score (nSPS) is 13.1. The molecule has 0 spiro atoms. The molecular weight excluding hydrogens is 352 g/mol. The van der Waals surface area contributed by atoms with Crippen LogP contribution in [0.1, 0.15) is 49.9 Å². The molecule has 0 saturated carbocycles. The van der Waals surface area contributed by atoms with E-state index < -0.39 is 0 Å². The van der Waals surface area contributed by atoms with Crippen LogP contribution in [0.5, 0.6) is 0 Å². The first-order valence-electron chi connectivity index (χ1n) is 6.32. The van der Waals surface area contributed by atoms with E-state index in [-0.39, 0.29) is 5.41 Å². The Kier molecular flexibility index (Phi) is 6.46. The number of halogens is 2. The minimum Gasteiger partial charge on any atom is -0.120 e. The maximum atomic E-state index is 5.49. The summed E-state index contributed by atoms with van der Waals surface area (Å²) in [6, 6.07) is 8.47. The van der Waals surface area contributed by atoms with Crippen molar-refractivity contribution in [2.75, 3.05) is 0 Å². The number of hydrogen-bond donors (Lipinski definition) is 0. The van der Waals surface area contributed by atoms with Crippen LogP contribution in [0, 0.1) is 17.8 Å². The average molecular weight is 372 g/mol. The molecule has 0 aliphatic heterocycles. The number of benzene rings is 1. The van der Waals surface area contributed by atoms with E-state index in [2.05, 4.69) is 75.9 Å². The number of terminal acetylenes is 1. The highest BCUT2D eigenvalue weighted by molar-refractivity contribution is 9.10. The molecule has 2 heteroatoms. The van der Waals surface area contributed by atoms with Crippen LogP contribution >= 0.6 is 31.9 Å². The van der Waals surface area contributed by atoms with E-state index in [0.717, 1.165) is 17.3 Å². The van der Waals surface area contributed by atoms with Crippen LogP contribution in [0.25, 0.3) is 0 Å². The molecule has 0 bridgehead atoms. The van der Waals surface area contributed by atoms with Gasteiger partial charge < -0.3 is 0 Å². The molecule has 0 aliphatic rings. The highest BCUT2D eigenvalue weighted by Gasteiger charge is 2.14. The largest absolute Gasteiger partial charge is 0.120 e. The van der Waals surface area contributed by atoms with Crippen molar-refractivity contribution in [3.05, 3.63) is 34.3 Å². The first kappa shape index (κ1) is 15.8. The zero-order valence-electron chi connectivity index (χ0n) is 11.0. The topological polar surface area (TPSA) is 0 Å². The summed E-state index contributed by atoms with van der Waals surface area (Å²) in [6.07, 6.45) is 10.1. The summed E-state index contributed by atoms with van der Waals surface area (Å²) in [5.41, 5.74) is 1.37. The van der Waals surface area contributed by atoms with Gasteiger partial charge in [0.05, 0.1) is 0 Å². The molecule has 1 atom stereocenters. The molecule has 0 N–H and O–H groups in total. The van der Waals surface area contributed by atoms with Crippen molar-refractivity contribution in [1.82, 2.24) is 0 Å². The predicted molar refractivity (Wildman–Crippen MR) is 86.9 cm³/mol. The lowest BCUT2D eigenvalue weighted by Gasteiger charge is -2.17. The Balaban J connectivity index is 2.34. The van der Waals surface area contributed by atoms with Crippen molar-refractivity contribution >= 4 is 31.9 Å². The summed E-state index contributed by atoms with van der Waals surface area (Å²) >= 11 is 7.26. The molecule has 1 aromatic rings. The maximum Gasteiger partial charge on any atom is 0.0395 e. The summed E-state index contributed by atoms with van der Waals surface area (Å²) < 4.78 is 1.14. The van der Waals surface area contributed by atoms with Crippen molar-refractivity contribution in [2.24, 2.45) is 5.41 Å². The van der Waals surface area contributed by atoms with Gasteiger partial charge in [-0.25, -0.2) is 0 Å². The minimum atomic E-state index is 0.0393. The second-order valence-electron chi connectivity index (χ2n) is 5.30. The van der Waals surface area contributed by atoms with Crippen molar-refractivity contribution in [2.45, 2.75) is 44.4 Å². The van der Waals surface area contributed by atoms with E-state index in [4.69, 9.17) is 6.42 Å². The van der Waals surface area contributed by atoms with E-state index in [0.29, 0.717) is 4.83 Å². The number of unbranched alkanes of at least 4 members (excludes halogenated alkanes) is 1. The van der Waals surface area contributed by atoms with Crippen LogP contribution < -0.4 is 0 Å². The van der Waals surface area contributed by atoms with E-state index in [1.54, 1.807) is 0 Å². The lowest BCUT2D eigenvalue weighted by Crippen LogP contribution is -2.07. The van der Waals surface area contributed by atoms with Crippen LogP contribution in [-0.4, -0.2) is 0 Å². The van der Waals surface area contributed by atoms with Gasteiger partial charge in [-0.15, -0.1) is 12.3 Å². The minimum absolute atomic E-state index is 0.0393. The standard InChI is InChI=1S/C16H20Br2/c1-4-16(2,3)11-6-5-10-15(18)13-8-7-9-14(17)12-13/h1,7-9,12,15H,5-6,10-11H2,2-3H3. The zero-order valence-corrected chi connectivity index (χ0v) is 14.2. The maximum absolute atomic E-state index is 5.49. The van der Waals surface area contributed by atoms with E-state index >= 15 is 0 Å². The Morgan fingerprint density at radius 3 is 2.67 bits per heavy atom. The fraction of sp³-hybridized carbons (Fsp3) is 0.500. The molecule has 18 heavy (non-hydrogen) atoms. The first-order valence-corrected chi connectivity index (χ1v) is 8.03. The van der Waals surface area contributed by atoms with Gasteiger partial charge in [0.2, 0.25) is 0 Å². The van der Waals surface area contributed by atoms with Gasteiger partial charge in [-0.3, -0.25) is 0 Å².